The summed E-state index contributed by atoms with van der Waals surface area (Å²) in [6.45, 7) is 2.62. The normalized spacial score (nSPS) is 16.2. The zero-order chi connectivity index (χ0) is 9.26. The summed E-state index contributed by atoms with van der Waals surface area (Å²) in [6, 6.07) is 2.11. The molecule has 2 rings (SSSR count). The Balaban J connectivity index is 2.25. The van der Waals surface area contributed by atoms with Crippen LogP contribution in [0.2, 0.25) is 0 Å². The van der Waals surface area contributed by atoms with Gasteiger partial charge in [-0.25, -0.2) is 9.97 Å². The van der Waals surface area contributed by atoms with Gasteiger partial charge in [-0.2, -0.15) is 0 Å². The molecule has 70 valence electrons. The van der Waals surface area contributed by atoms with Gasteiger partial charge in [0.05, 0.1) is 0 Å². The Kier molecular flexibility index (Phi) is 2.27. The van der Waals surface area contributed by atoms with Crippen LogP contribution in [0, 0.1) is 6.92 Å². The highest BCUT2D eigenvalue weighted by molar-refractivity contribution is 5.19. The second-order valence-corrected chi connectivity index (χ2v) is 3.64. The number of hydrogen-bond acceptors (Lipinski definition) is 3. The lowest BCUT2D eigenvalue weighted by Crippen LogP contribution is -2.07. The molecule has 3 heteroatoms. The van der Waals surface area contributed by atoms with Crippen molar-refractivity contribution in [2.45, 2.75) is 32.1 Å². The van der Waals surface area contributed by atoms with Crippen LogP contribution >= 0.6 is 0 Å². The van der Waals surface area contributed by atoms with E-state index in [0.717, 1.165) is 17.9 Å². The minimum atomic E-state index is 0.667. The van der Waals surface area contributed by atoms with Gasteiger partial charge < -0.3 is 5.73 Å². The molecule has 0 bridgehead atoms. The molecule has 1 fully saturated rings. The standard InChI is InChI=1S/C10H15N3/c1-7-12-9(4-5-11)6-10(13-7)8-2-3-8/h6,8H,2-5,11H2,1H3. The summed E-state index contributed by atoms with van der Waals surface area (Å²) in [5, 5.41) is 0. The van der Waals surface area contributed by atoms with Crippen LogP contribution in [0.3, 0.4) is 0 Å². The number of nitrogens with two attached hydrogens (primary N) is 1. The molecule has 2 N–H and O–H groups in total. The van der Waals surface area contributed by atoms with Crippen molar-refractivity contribution in [3.05, 3.63) is 23.3 Å². The second kappa shape index (κ2) is 3.42. The van der Waals surface area contributed by atoms with Crippen LogP contribution in [0.1, 0.15) is 36.0 Å². The second-order valence-electron chi connectivity index (χ2n) is 3.64. The molecule has 0 spiro atoms. The molecule has 0 aromatic carbocycles. The van der Waals surface area contributed by atoms with Crippen molar-refractivity contribution in [1.82, 2.24) is 9.97 Å². The van der Waals surface area contributed by atoms with Gasteiger partial charge in [0, 0.05) is 23.7 Å². The average molecular weight is 177 g/mol. The first kappa shape index (κ1) is 8.63. The molecule has 0 aliphatic heterocycles. The summed E-state index contributed by atoms with van der Waals surface area (Å²) in [5.74, 6) is 1.59. The molecule has 0 unspecified atom stereocenters. The number of aryl methyl sites for hydroxylation is 1. The molecule has 1 aliphatic carbocycles. The highest BCUT2D eigenvalue weighted by Crippen LogP contribution is 2.38. The third-order valence-electron chi connectivity index (χ3n) is 2.31. The minimum Gasteiger partial charge on any atom is -0.330 e. The first-order valence-electron chi connectivity index (χ1n) is 4.84. The first-order valence-corrected chi connectivity index (χ1v) is 4.84. The lowest BCUT2D eigenvalue weighted by molar-refractivity contribution is 0.855. The molecule has 1 aromatic heterocycles. The van der Waals surface area contributed by atoms with Crippen LogP contribution in [0.5, 0.6) is 0 Å². The van der Waals surface area contributed by atoms with Crippen molar-refractivity contribution in [2.75, 3.05) is 6.54 Å². The SMILES string of the molecule is Cc1nc(CCN)cc(C2CC2)n1. The summed E-state index contributed by atoms with van der Waals surface area (Å²) in [5.41, 5.74) is 7.80. The molecule has 0 radical (unpaired) electrons. The zero-order valence-electron chi connectivity index (χ0n) is 7.95. The predicted octanol–water partition coefficient (Wildman–Crippen LogP) is 1.16. The zero-order valence-corrected chi connectivity index (χ0v) is 7.95. The number of nitrogens with zero attached hydrogens (tertiary/aromatic N) is 2. The molecule has 3 nitrogen and oxygen atoms in total. The van der Waals surface area contributed by atoms with Crippen molar-refractivity contribution >= 4 is 0 Å². The Morgan fingerprint density at radius 3 is 2.85 bits per heavy atom. The van der Waals surface area contributed by atoms with E-state index in [1.54, 1.807) is 0 Å². The molecule has 1 saturated carbocycles. The number of rotatable bonds is 3. The summed E-state index contributed by atoms with van der Waals surface area (Å²) in [7, 11) is 0. The van der Waals surface area contributed by atoms with Crippen molar-refractivity contribution in [3.8, 4) is 0 Å². The molecule has 0 saturated heterocycles. The van der Waals surface area contributed by atoms with Gasteiger partial charge in [0.2, 0.25) is 0 Å². The topological polar surface area (TPSA) is 51.8 Å². The molecule has 1 aromatic rings. The van der Waals surface area contributed by atoms with E-state index in [1.165, 1.54) is 18.5 Å². The third-order valence-corrected chi connectivity index (χ3v) is 2.31. The Morgan fingerprint density at radius 1 is 1.46 bits per heavy atom. The Labute approximate surface area is 78.4 Å². The third kappa shape index (κ3) is 2.04. The van der Waals surface area contributed by atoms with Crippen molar-refractivity contribution < 1.29 is 0 Å². The Hall–Kier alpha value is -0.960. The average Bonchev–Trinajstić information content (AvgIpc) is 2.85. The maximum atomic E-state index is 5.49. The molecule has 0 amide bonds. The number of hydrogen-bond donors (Lipinski definition) is 1. The van der Waals surface area contributed by atoms with E-state index in [-0.39, 0.29) is 0 Å². The fourth-order valence-corrected chi connectivity index (χ4v) is 1.52. The van der Waals surface area contributed by atoms with Crippen molar-refractivity contribution in [3.63, 3.8) is 0 Å². The van der Waals surface area contributed by atoms with Crippen LogP contribution in [-0.4, -0.2) is 16.5 Å². The predicted molar refractivity (Wildman–Crippen MR) is 51.5 cm³/mol. The summed E-state index contributed by atoms with van der Waals surface area (Å²) in [6.07, 6.45) is 3.44. The Bertz CT molecular complexity index is 305. The summed E-state index contributed by atoms with van der Waals surface area (Å²) < 4.78 is 0. The lowest BCUT2D eigenvalue weighted by atomic mass is 10.2. The van der Waals surface area contributed by atoms with E-state index in [4.69, 9.17) is 5.73 Å². The summed E-state index contributed by atoms with van der Waals surface area (Å²) >= 11 is 0. The van der Waals surface area contributed by atoms with Crippen molar-refractivity contribution in [2.24, 2.45) is 5.73 Å². The smallest absolute Gasteiger partial charge is 0.125 e. The van der Waals surface area contributed by atoms with Crippen molar-refractivity contribution in [1.29, 1.82) is 0 Å². The van der Waals surface area contributed by atoms with Crippen LogP contribution < -0.4 is 5.73 Å². The van der Waals surface area contributed by atoms with E-state index in [0.29, 0.717) is 12.5 Å². The van der Waals surface area contributed by atoms with E-state index in [2.05, 4.69) is 16.0 Å². The minimum absolute atomic E-state index is 0.667. The molecule has 1 heterocycles. The molecular weight excluding hydrogens is 162 g/mol. The highest BCUT2D eigenvalue weighted by Gasteiger charge is 2.25. The van der Waals surface area contributed by atoms with Crippen LogP contribution in [0.25, 0.3) is 0 Å². The molecular formula is C10H15N3. The van der Waals surface area contributed by atoms with Gasteiger partial charge in [-0.05, 0) is 32.4 Å². The number of aromatic nitrogens is 2. The maximum absolute atomic E-state index is 5.49. The molecule has 1 aliphatic rings. The molecule has 0 atom stereocenters. The monoisotopic (exact) mass is 177 g/mol. The summed E-state index contributed by atoms with van der Waals surface area (Å²) in [4.78, 5) is 8.77. The highest BCUT2D eigenvalue weighted by atomic mass is 14.9. The van der Waals surface area contributed by atoms with E-state index < -0.39 is 0 Å². The fourth-order valence-electron chi connectivity index (χ4n) is 1.52. The van der Waals surface area contributed by atoms with Crippen LogP contribution in [-0.2, 0) is 6.42 Å². The van der Waals surface area contributed by atoms with Gasteiger partial charge in [0.25, 0.3) is 0 Å². The van der Waals surface area contributed by atoms with Crippen LogP contribution in [0.4, 0.5) is 0 Å². The van der Waals surface area contributed by atoms with E-state index in [1.807, 2.05) is 6.92 Å². The van der Waals surface area contributed by atoms with E-state index >= 15 is 0 Å². The Morgan fingerprint density at radius 2 is 2.23 bits per heavy atom. The lowest BCUT2D eigenvalue weighted by Gasteiger charge is -2.03. The van der Waals surface area contributed by atoms with Crippen LogP contribution in [0.15, 0.2) is 6.07 Å². The molecule has 13 heavy (non-hydrogen) atoms. The first-order chi connectivity index (χ1) is 6.29. The maximum Gasteiger partial charge on any atom is 0.125 e. The fraction of sp³-hybridized carbons (Fsp3) is 0.600. The largest absolute Gasteiger partial charge is 0.330 e. The van der Waals surface area contributed by atoms with E-state index in [9.17, 15) is 0 Å². The van der Waals surface area contributed by atoms with Gasteiger partial charge in [0.15, 0.2) is 0 Å². The van der Waals surface area contributed by atoms with Gasteiger partial charge in [-0.3, -0.25) is 0 Å². The van der Waals surface area contributed by atoms with Gasteiger partial charge >= 0.3 is 0 Å². The van der Waals surface area contributed by atoms with Gasteiger partial charge in [-0.1, -0.05) is 0 Å². The quantitative estimate of drug-likeness (QED) is 0.753. The van der Waals surface area contributed by atoms with Gasteiger partial charge in [-0.15, -0.1) is 0 Å². The van der Waals surface area contributed by atoms with Gasteiger partial charge in [0.1, 0.15) is 5.82 Å².